The van der Waals surface area contributed by atoms with Crippen molar-refractivity contribution >= 4 is 11.8 Å². The highest BCUT2D eigenvalue weighted by Gasteiger charge is 2.28. The summed E-state index contributed by atoms with van der Waals surface area (Å²) in [5.41, 5.74) is 3.10. The third-order valence-corrected chi connectivity index (χ3v) is 5.58. The van der Waals surface area contributed by atoms with Gasteiger partial charge in [-0.3, -0.25) is 14.4 Å². The number of amides is 2. The second-order valence-electron chi connectivity index (χ2n) is 7.96. The average molecular weight is 434 g/mol. The van der Waals surface area contributed by atoms with Crippen molar-refractivity contribution in [3.63, 3.8) is 0 Å². The molecule has 166 valence electrons. The maximum atomic E-state index is 13.2. The first kappa shape index (κ1) is 21.5. The van der Waals surface area contributed by atoms with Gasteiger partial charge in [0.1, 0.15) is 11.3 Å². The molecular formula is C24H26N4O4. The van der Waals surface area contributed by atoms with Gasteiger partial charge in [0.15, 0.2) is 0 Å². The molecule has 0 bridgehead atoms. The lowest BCUT2D eigenvalue weighted by Gasteiger charge is -2.30. The van der Waals surface area contributed by atoms with Crippen LogP contribution in [0.5, 0.6) is 0 Å². The van der Waals surface area contributed by atoms with Gasteiger partial charge in [0.05, 0.1) is 18.7 Å². The number of hydrogen-bond donors (Lipinski definition) is 1. The van der Waals surface area contributed by atoms with E-state index in [1.54, 1.807) is 21.7 Å². The van der Waals surface area contributed by atoms with Crippen molar-refractivity contribution in [3.8, 4) is 0 Å². The average Bonchev–Trinajstić information content (AvgIpc) is 3.19. The Kier molecular flexibility index (Phi) is 6.20. The van der Waals surface area contributed by atoms with Crippen LogP contribution < -0.4 is 10.9 Å². The van der Waals surface area contributed by atoms with Gasteiger partial charge in [-0.05, 0) is 37.0 Å². The van der Waals surface area contributed by atoms with E-state index >= 15 is 0 Å². The van der Waals surface area contributed by atoms with Gasteiger partial charge < -0.3 is 19.3 Å². The molecule has 32 heavy (non-hydrogen) atoms. The number of carbonyl (C=O) groups excluding carboxylic acids is 2. The van der Waals surface area contributed by atoms with Crippen molar-refractivity contribution in [1.29, 1.82) is 0 Å². The summed E-state index contributed by atoms with van der Waals surface area (Å²) in [7, 11) is 0. The summed E-state index contributed by atoms with van der Waals surface area (Å²) >= 11 is 0. The molecule has 0 aliphatic carbocycles. The highest BCUT2D eigenvalue weighted by atomic mass is 16.5. The fourth-order valence-corrected chi connectivity index (χ4v) is 4.07. The summed E-state index contributed by atoms with van der Waals surface area (Å²) in [6.45, 7) is 5.19. The lowest BCUT2D eigenvalue weighted by molar-refractivity contribution is -0.131. The van der Waals surface area contributed by atoms with Crippen LogP contribution >= 0.6 is 0 Å². The molecule has 8 nitrogen and oxygen atoms in total. The summed E-state index contributed by atoms with van der Waals surface area (Å²) in [6, 6.07) is 11.4. The van der Waals surface area contributed by atoms with Gasteiger partial charge in [-0.1, -0.05) is 35.5 Å². The number of carbonyl (C=O) groups is 2. The fraction of sp³-hybridized carbons (Fsp3) is 0.333. The zero-order chi connectivity index (χ0) is 22.7. The zero-order valence-corrected chi connectivity index (χ0v) is 18.3. The lowest BCUT2D eigenvalue weighted by atomic mass is 9.95. The molecule has 0 saturated heterocycles. The molecule has 1 aliphatic rings. The summed E-state index contributed by atoms with van der Waals surface area (Å²) < 4.78 is 6.74. The molecule has 0 spiro atoms. The third kappa shape index (κ3) is 4.49. The van der Waals surface area contributed by atoms with E-state index in [1.165, 1.54) is 0 Å². The van der Waals surface area contributed by atoms with Crippen molar-refractivity contribution in [3.05, 3.63) is 86.7 Å². The van der Waals surface area contributed by atoms with Crippen molar-refractivity contribution in [2.45, 2.75) is 39.8 Å². The second-order valence-corrected chi connectivity index (χ2v) is 7.96. The minimum absolute atomic E-state index is 0.0767. The molecule has 4 rings (SSSR count). The summed E-state index contributed by atoms with van der Waals surface area (Å²) in [5.74, 6) is 0.0793. The van der Waals surface area contributed by atoms with Crippen molar-refractivity contribution in [1.82, 2.24) is 19.9 Å². The predicted octanol–water partition coefficient (Wildman–Crippen LogP) is 2.07. The fourth-order valence-electron chi connectivity index (χ4n) is 4.07. The van der Waals surface area contributed by atoms with E-state index in [4.69, 9.17) is 4.52 Å². The smallest absolute Gasteiger partial charge is 0.264 e. The molecule has 1 aromatic carbocycles. The number of nitrogens with zero attached hydrogens (tertiary/aromatic N) is 3. The molecule has 0 radical (unpaired) electrons. The Labute approximate surface area is 185 Å². The standard InChI is InChI=1S/C24H26N4O4/c1-3-25-23(30)22-20-9-10-27(21(29)12-19-11-16(2)26-32-19)14-18(20)15-28(24(22)31)13-17-7-5-4-6-8-17/h4-8,11,15H,3,9-10,12-14H2,1-2H3,(H,25,30). The number of aromatic nitrogens is 2. The molecular weight excluding hydrogens is 408 g/mol. The van der Waals surface area contributed by atoms with E-state index in [0.29, 0.717) is 38.4 Å². The van der Waals surface area contributed by atoms with Gasteiger partial charge in [0.2, 0.25) is 5.91 Å². The molecule has 3 aromatic rings. The summed E-state index contributed by atoms with van der Waals surface area (Å²) in [4.78, 5) is 40.6. The predicted molar refractivity (Wildman–Crippen MR) is 118 cm³/mol. The highest BCUT2D eigenvalue weighted by molar-refractivity contribution is 5.95. The van der Waals surface area contributed by atoms with Crippen LogP contribution in [0, 0.1) is 6.92 Å². The van der Waals surface area contributed by atoms with Crippen LogP contribution in [0.4, 0.5) is 0 Å². The van der Waals surface area contributed by atoms with Gasteiger partial charge >= 0.3 is 0 Å². The Morgan fingerprint density at radius 2 is 2.00 bits per heavy atom. The summed E-state index contributed by atoms with van der Waals surface area (Å²) in [6.07, 6.45) is 2.36. The van der Waals surface area contributed by atoms with Crippen LogP contribution in [0.3, 0.4) is 0 Å². The van der Waals surface area contributed by atoms with Crippen LogP contribution in [0.2, 0.25) is 0 Å². The van der Waals surface area contributed by atoms with E-state index in [-0.39, 0.29) is 29.4 Å². The SMILES string of the molecule is CCNC(=O)c1c2c(cn(Cc3ccccc3)c1=O)CN(C(=O)Cc1cc(C)no1)CC2. The molecule has 0 atom stereocenters. The molecule has 2 amide bonds. The number of pyridine rings is 1. The number of hydrogen-bond acceptors (Lipinski definition) is 5. The van der Waals surface area contributed by atoms with Crippen LogP contribution in [-0.2, 0) is 30.7 Å². The van der Waals surface area contributed by atoms with Crippen LogP contribution in [0.15, 0.2) is 51.9 Å². The van der Waals surface area contributed by atoms with E-state index < -0.39 is 0 Å². The van der Waals surface area contributed by atoms with Crippen molar-refractivity contribution < 1.29 is 14.1 Å². The first-order valence-corrected chi connectivity index (χ1v) is 10.7. The Balaban J connectivity index is 1.66. The monoisotopic (exact) mass is 434 g/mol. The van der Waals surface area contributed by atoms with Crippen molar-refractivity contribution in [2.75, 3.05) is 13.1 Å². The largest absolute Gasteiger partial charge is 0.361 e. The highest BCUT2D eigenvalue weighted by Crippen LogP contribution is 2.22. The number of nitrogens with one attached hydrogen (secondary N) is 1. The zero-order valence-electron chi connectivity index (χ0n) is 18.3. The van der Waals surface area contributed by atoms with Gasteiger partial charge in [0.25, 0.3) is 11.5 Å². The van der Waals surface area contributed by atoms with E-state index in [0.717, 1.165) is 22.4 Å². The molecule has 8 heteroatoms. The van der Waals surface area contributed by atoms with Crippen molar-refractivity contribution in [2.24, 2.45) is 0 Å². The van der Waals surface area contributed by atoms with Gasteiger partial charge in [-0.25, -0.2) is 0 Å². The van der Waals surface area contributed by atoms with Gasteiger partial charge in [-0.15, -0.1) is 0 Å². The Hall–Kier alpha value is -3.68. The molecule has 1 N–H and O–H groups in total. The normalized spacial score (nSPS) is 13.0. The van der Waals surface area contributed by atoms with Gasteiger partial charge in [0, 0.05) is 31.9 Å². The number of aryl methyl sites for hydroxylation is 1. The minimum atomic E-state index is -0.368. The number of fused-ring (bicyclic) bond motifs is 1. The molecule has 2 aromatic heterocycles. The van der Waals surface area contributed by atoms with Crippen LogP contribution in [0.25, 0.3) is 0 Å². The quantitative estimate of drug-likeness (QED) is 0.641. The first-order chi connectivity index (χ1) is 15.5. The Morgan fingerprint density at radius 1 is 1.22 bits per heavy atom. The maximum Gasteiger partial charge on any atom is 0.264 e. The number of rotatable bonds is 6. The summed E-state index contributed by atoms with van der Waals surface area (Å²) in [5, 5.41) is 6.59. The van der Waals surface area contributed by atoms with E-state index in [9.17, 15) is 14.4 Å². The van der Waals surface area contributed by atoms with E-state index in [2.05, 4.69) is 10.5 Å². The Bertz CT molecular complexity index is 1200. The topological polar surface area (TPSA) is 97.4 Å². The van der Waals surface area contributed by atoms with Gasteiger partial charge in [-0.2, -0.15) is 0 Å². The molecule has 0 unspecified atom stereocenters. The van der Waals surface area contributed by atoms with E-state index in [1.807, 2.05) is 44.2 Å². The number of benzene rings is 1. The lowest BCUT2D eigenvalue weighted by Crippen LogP contribution is -2.41. The molecule has 1 aliphatic heterocycles. The molecule has 3 heterocycles. The third-order valence-electron chi connectivity index (χ3n) is 5.58. The second kappa shape index (κ2) is 9.21. The van der Waals surface area contributed by atoms with Crippen LogP contribution in [0.1, 0.15) is 45.4 Å². The maximum absolute atomic E-state index is 13.2. The molecule has 0 fully saturated rings. The molecule has 0 saturated carbocycles. The minimum Gasteiger partial charge on any atom is -0.361 e. The first-order valence-electron chi connectivity index (χ1n) is 10.7. The van der Waals surface area contributed by atoms with Crippen LogP contribution in [-0.4, -0.2) is 39.5 Å². The Morgan fingerprint density at radius 3 is 2.69 bits per heavy atom.